The number of methoxy groups -OCH3 is 1. The highest BCUT2D eigenvalue weighted by molar-refractivity contribution is 5.92. The molecule has 2 heteroatoms. The van der Waals surface area contributed by atoms with Crippen LogP contribution in [0.25, 0.3) is 6.08 Å². The minimum atomic E-state index is 0.0373. The molecule has 0 atom stereocenters. The Hall–Kier alpha value is -1.57. The lowest BCUT2D eigenvalue weighted by atomic mass is 10.1. The number of hydrogen-bond acceptors (Lipinski definition) is 2. The van der Waals surface area contributed by atoms with E-state index in [-0.39, 0.29) is 5.78 Å². The summed E-state index contributed by atoms with van der Waals surface area (Å²) in [5.41, 5.74) is 2.06. The molecule has 0 aliphatic rings. The standard InChI is InChI=1S/C12H14O2/c1-9-5-4-6-12(14-3)11(9)8-7-10(2)13/h4-8H,1-3H3/b8-7+. The average Bonchev–Trinajstić information content (AvgIpc) is 2.15. The van der Waals surface area contributed by atoms with E-state index in [0.29, 0.717) is 0 Å². The Morgan fingerprint density at radius 1 is 1.43 bits per heavy atom. The molecule has 0 N–H and O–H groups in total. The van der Waals surface area contributed by atoms with E-state index in [1.165, 1.54) is 6.92 Å². The van der Waals surface area contributed by atoms with Crippen LogP contribution < -0.4 is 4.74 Å². The number of hydrogen-bond donors (Lipinski definition) is 0. The van der Waals surface area contributed by atoms with Crippen LogP contribution in [0.2, 0.25) is 0 Å². The molecule has 74 valence electrons. The molecular formula is C12H14O2. The van der Waals surface area contributed by atoms with Crippen LogP contribution in [0.5, 0.6) is 5.75 Å². The third-order valence-electron chi connectivity index (χ3n) is 1.99. The Morgan fingerprint density at radius 3 is 2.71 bits per heavy atom. The predicted octanol–water partition coefficient (Wildman–Crippen LogP) is 2.61. The molecule has 0 aliphatic heterocycles. The molecule has 2 nitrogen and oxygen atoms in total. The number of benzene rings is 1. The monoisotopic (exact) mass is 190 g/mol. The first-order chi connectivity index (χ1) is 6.65. The summed E-state index contributed by atoms with van der Waals surface area (Å²) in [4.78, 5) is 10.8. The lowest BCUT2D eigenvalue weighted by molar-refractivity contribution is -0.112. The summed E-state index contributed by atoms with van der Waals surface area (Å²) < 4.78 is 5.20. The van der Waals surface area contributed by atoms with Gasteiger partial charge in [-0.25, -0.2) is 0 Å². The van der Waals surface area contributed by atoms with Crippen LogP contribution in [-0.4, -0.2) is 12.9 Å². The van der Waals surface area contributed by atoms with Crippen LogP contribution in [0.1, 0.15) is 18.1 Å². The first-order valence-corrected chi connectivity index (χ1v) is 4.47. The third-order valence-corrected chi connectivity index (χ3v) is 1.99. The highest BCUT2D eigenvalue weighted by atomic mass is 16.5. The van der Waals surface area contributed by atoms with E-state index in [9.17, 15) is 4.79 Å². The Kier molecular flexibility index (Phi) is 3.46. The van der Waals surface area contributed by atoms with Gasteiger partial charge in [-0.15, -0.1) is 0 Å². The highest BCUT2D eigenvalue weighted by Crippen LogP contribution is 2.22. The molecule has 0 radical (unpaired) electrons. The fourth-order valence-corrected chi connectivity index (χ4v) is 1.25. The van der Waals surface area contributed by atoms with Crippen LogP contribution in [0.3, 0.4) is 0 Å². The van der Waals surface area contributed by atoms with Gasteiger partial charge in [-0.1, -0.05) is 12.1 Å². The molecular weight excluding hydrogens is 176 g/mol. The van der Waals surface area contributed by atoms with E-state index in [0.717, 1.165) is 16.9 Å². The lowest BCUT2D eigenvalue weighted by Gasteiger charge is -2.06. The number of ketones is 1. The maximum atomic E-state index is 10.8. The van der Waals surface area contributed by atoms with Gasteiger partial charge in [-0.3, -0.25) is 4.79 Å². The van der Waals surface area contributed by atoms with Gasteiger partial charge in [0.05, 0.1) is 7.11 Å². The Balaban J connectivity index is 3.11. The fourth-order valence-electron chi connectivity index (χ4n) is 1.25. The van der Waals surface area contributed by atoms with Crippen molar-refractivity contribution in [2.24, 2.45) is 0 Å². The van der Waals surface area contributed by atoms with E-state index < -0.39 is 0 Å². The molecule has 0 amide bonds. The average molecular weight is 190 g/mol. The number of rotatable bonds is 3. The first-order valence-electron chi connectivity index (χ1n) is 4.47. The second-order valence-electron chi connectivity index (χ2n) is 3.13. The van der Waals surface area contributed by atoms with Crippen molar-refractivity contribution in [2.45, 2.75) is 13.8 Å². The Labute approximate surface area is 84.2 Å². The molecule has 1 aromatic carbocycles. The molecule has 0 bridgehead atoms. The molecule has 1 aromatic rings. The zero-order chi connectivity index (χ0) is 10.6. The molecule has 0 spiro atoms. The van der Waals surface area contributed by atoms with E-state index in [4.69, 9.17) is 4.74 Å². The van der Waals surface area contributed by atoms with Gasteiger partial charge in [0.25, 0.3) is 0 Å². The quantitative estimate of drug-likeness (QED) is 0.685. The number of allylic oxidation sites excluding steroid dienone is 1. The van der Waals surface area contributed by atoms with E-state index in [2.05, 4.69) is 0 Å². The van der Waals surface area contributed by atoms with E-state index >= 15 is 0 Å². The maximum absolute atomic E-state index is 10.8. The van der Waals surface area contributed by atoms with Crippen molar-refractivity contribution < 1.29 is 9.53 Å². The zero-order valence-electron chi connectivity index (χ0n) is 8.70. The van der Waals surface area contributed by atoms with Crippen LogP contribution in [0, 0.1) is 6.92 Å². The molecule has 0 saturated carbocycles. The van der Waals surface area contributed by atoms with Crippen molar-refractivity contribution in [3.8, 4) is 5.75 Å². The minimum absolute atomic E-state index is 0.0373. The topological polar surface area (TPSA) is 26.3 Å². The van der Waals surface area contributed by atoms with Gasteiger partial charge in [0.2, 0.25) is 0 Å². The zero-order valence-corrected chi connectivity index (χ0v) is 8.70. The second kappa shape index (κ2) is 4.61. The lowest BCUT2D eigenvalue weighted by Crippen LogP contribution is -1.90. The van der Waals surface area contributed by atoms with Crippen LogP contribution >= 0.6 is 0 Å². The summed E-state index contributed by atoms with van der Waals surface area (Å²) >= 11 is 0. The number of carbonyl (C=O) groups is 1. The van der Waals surface area contributed by atoms with Crippen molar-refractivity contribution in [2.75, 3.05) is 7.11 Å². The van der Waals surface area contributed by atoms with Crippen molar-refractivity contribution in [3.05, 3.63) is 35.4 Å². The molecule has 0 aliphatic carbocycles. The number of aryl methyl sites for hydroxylation is 1. The van der Waals surface area contributed by atoms with Gasteiger partial charge < -0.3 is 4.74 Å². The van der Waals surface area contributed by atoms with Crippen molar-refractivity contribution in [1.82, 2.24) is 0 Å². The van der Waals surface area contributed by atoms with E-state index in [1.54, 1.807) is 19.3 Å². The molecule has 0 fully saturated rings. The molecule has 0 heterocycles. The predicted molar refractivity (Wildman–Crippen MR) is 57.4 cm³/mol. The summed E-state index contributed by atoms with van der Waals surface area (Å²) in [6.07, 6.45) is 3.33. The summed E-state index contributed by atoms with van der Waals surface area (Å²) in [6.45, 7) is 3.52. The van der Waals surface area contributed by atoms with Crippen molar-refractivity contribution in [1.29, 1.82) is 0 Å². The summed E-state index contributed by atoms with van der Waals surface area (Å²) in [6, 6.07) is 5.80. The van der Waals surface area contributed by atoms with Gasteiger partial charge >= 0.3 is 0 Å². The van der Waals surface area contributed by atoms with Gasteiger partial charge in [0.1, 0.15) is 5.75 Å². The van der Waals surface area contributed by atoms with Crippen molar-refractivity contribution in [3.63, 3.8) is 0 Å². The smallest absolute Gasteiger partial charge is 0.152 e. The van der Waals surface area contributed by atoms with Gasteiger partial charge in [0.15, 0.2) is 5.78 Å². The van der Waals surface area contributed by atoms with Gasteiger partial charge in [0, 0.05) is 5.56 Å². The largest absolute Gasteiger partial charge is 0.496 e. The van der Waals surface area contributed by atoms with Crippen LogP contribution in [0.4, 0.5) is 0 Å². The Morgan fingerprint density at radius 2 is 2.14 bits per heavy atom. The van der Waals surface area contributed by atoms with Crippen LogP contribution in [0.15, 0.2) is 24.3 Å². The van der Waals surface area contributed by atoms with Gasteiger partial charge in [-0.2, -0.15) is 0 Å². The number of ether oxygens (including phenoxy) is 1. The molecule has 0 saturated heterocycles. The fraction of sp³-hybridized carbons (Fsp3) is 0.250. The number of carbonyl (C=O) groups excluding carboxylic acids is 1. The van der Waals surface area contributed by atoms with E-state index in [1.807, 2.05) is 25.1 Å². The van der Waals surface area contributed by atoms with Crippen molar-refractivity contribution >= 4 is 11.9 Å². The molecule has 14 heavy (non-hydrogen) atoms. The Bertz CT molecular complexity index is 365. The normalized spacial score (nSPS) is 10.5. The minimum Gasteiger partial charge on any atom is -0.496 e. The molecule has 1 rings (SSSR count). The maximum Gasteiger partial charge on any atom is 0.152 e. The first kappa shape index (κ1) is 10.5. The molecule has 0 unspecified atom stereocenters. The molecule has 0 aromatic heterocycles. The summed E-state index contributed by atoms with van der Waals surface area (Å²) in [5, 5.41) is 0. The second-order valence-corrected chi connectivity index (χ2v) is 3.13. The summed E-state index contributed by atoms with van der Waals surface area (Å²) in [5.74, 6) is 0.831. The highest BCUT2D eigenvalue weighted by Gasteiger charge is 2.01. The SMILES string of the molecule is COc1cccc(C)c1/C=C/C(C)=O. The van der Waals surface area contributed by atoms with Crippen LogP contribution in [-0.2, 0) is 4.79 Å². The van der Waals surface area contributed by atoms with Gasteiger partial charge in [-0.05, 0) is 37.6 Å². The third kappa shape index (κ3) is 2.46. The summed E-state index contributed by atoms with van der Waals surface area (Å²) in [7, 11) is 1.62.